The highest BCUT2D eigenvalue weighted by Gasteiger charge is 2.16. The van der Waals surface area contributed by atoms with Gasteiger partial charge in [0.05, 0.1) is 12.1 Å². The lowest BCUT2D eigenvalue weighted by molar-refractivity contribution is -0.136. The third-order valence-corrected chi connectivity index (χ3v) is 3.44. The largest absolute Gasteiger partial charge is 0.481 e. The third-order valence-electron chi connectivity index (χ3n) is 3.44. The van der Waals surface area contributed by atoms with Crippen LogP contribution in [0.3, 0.4) is 0 Å². The number of carboxylic acids is 1. The Bertz CT molecular complexity index is 516. The molecule has 2 heterocycles. The smallest absolute Gasteiger partial charge is 0.308 e. The summed E-state index contributed by atoms with van der Waals surface area (Å²) in [6, 6.07) is 0. The van der Waals surface area contributed by atoms with Gasteiger partial charge in [-0.3, -0.25) is 14.6 Å². The molecule has 1 fully saturated rings. The average molecular weight is 265 g/mol. The Morgan fingerprint density at radius 3 is 2.47 bits per heavy atom. The number of hydrogen-bond donors (Lipinski definition) is 2. The first-order valence-electron chi connectivity index (χ1n) is 6.64. The molecule has 2 N–H and O–H groups in total. The monoisotopic (exact) mass is 265 g/mol. The van der Waals surface area contributed by atoms with Crippen LogP contribution in [0.25, 0.3) is 0 Å². The Kier molecular flexibility index (Phi) is 4.19. The first-order chi connectivity index (χ1) is 9.08. The van der Waals surface area contributed by atoms with Gasteiger partial charge in [0.25, 0.3) is 5.56 Å². The van der Waals surface area contributed by atoms with E-state index in [2.05, 4.69) is 14.9 Å². The zero-order valence-corrected chi connectivity index (χ0v) is 11.1. The lowest BCUT2D eigenvalue weighted by atomic mass is 10.2. The van der Waals surface area contributed by atoms with E-state index in [4.69, 9.17) is 5.11 Å². The maximum absolute atomic E-state index is 11.9. The standard InChI is InChI=1S/C13H19N3O3/c1-9-10(8-11(17)18)12(19)15-13(14-9)16-6-4-2-3-5-7-16/h2-8H2,1H3,(H,17,18)(H,14,15,19). The Labute approximate surface area is 111 Å². The molecule has 0 bridgehead atoms. The van der Waals surface area contributed by atoms with Crippen LogP contribution in [0.4, 0.5) is 5.95 Å². The topological polar surface area (TPSA) is 86.3 Å². The van der Waals surface area contributed by atoms with Gasteiger partial charge in [-0.1, -0.05) is 12.8 Å². The molecule has 6 heteroatoms. The quantitative estimate of drug-likeness (QED) is 0.854. The number of carboxylic acid groups (broad SMARTS) is 1. The van der Waals surface area contributed by atoms with Crippen LogP contribution < -0.4 is 10.5 Å². The lowest BCUT2D eigenvalue weighted by Gasteiger charge is -2.21. The molecule has 104 valence electrons. The van der Waals surface area contributed by atoms with Crippen molar-refractivity contribution in [3.05, 3.63) is 21.6 Å². The van der Waals surface area contributed by atoms with E-state index in [0.717, 1.165) is 25.9 Å². The second-order valence-corrected chi connectivity index (χ2v) is 4.93. The molecule has 0 unspecified atom stereocenters. The van der Waals surface area contributed by atoms with Crippen molar-refractivity contribution >= 4 is 11.9 Å². The summed E-state index contributed by atoms with van der Waals surface area (Å²) in [5.74, 6) is -0.448. The van der Waals surface area contributed by atoms with E-state index in [9.17, 15) is 9.59 Å². The van der Waals surface area contributed by atoms with E-state index < -0.39 is 5.97 Å². The predicted molar refractivity (Wildman–Crippen MR) is 71.6 cm³/mol. The second-order valence-electron chi connectivity index (χ2n) is 4.93. The van der Waals surface area contributed by atoms with Gasteiger partial charge in [-0.2, -0.15) is 0 Å². The van der Waals surface area contributed by atoms with Crippen molar-refractivity contribution in [3.63, 3.8) is 0 Å². The van der Waals surface area contributed by atoms with Crippen LogP contribution >= 0.6 is 0 Å². The minimum Gasteiger partial charge on any atom is -0.481 e. The van der Waals surface area contributed by atoms with Gasteiger partial charge < -0.3 is 10.0 Å². The molecule has 0 atom stereocenters. The fourth-order valence-electron chi connectivity index (χ4n) is 2.39. The molecule has 2 rings (SSSR count). The summed E-state index contributed by atoms with van der Waals surface area (Å²) in [7, 11) is 0. The van der Waals surface area contributed by atoms with Crippen molar-refractivity contribution in [1.82, 2.24) is 9.97 Å². The van der Waals surface area contributed by atoms with Crippen LogP contribution in [-0.4, -0.2) is 34.1 Å². The molecule has 1 aliphatic rings. The normalized spacial score (nSPS) is 16.2. The van der Waals surface area contributed by atoms with Crippen LogP contribution in [0.1, 0.15) is 36.9 Å². The van der Waals surface area contributed by atoms with E-state index >= 15 is 0 Å². The van der Waals surface area contributed by atoms with Gasteiger partial charge in [0.2, 0.25) is 5.95 Å². The fraction of sp³-hybridized carbons (Fsp3) is 0.615. The molecular weight excluding hydrogens is 246 g/mol. The molecule has 1 aromatic rings. The summed E-state index contributed by atoms with van der Waals surface area (Å²) in [6.07, 6.45) is 4.32. The van der Waals surface area contributed by atoms with Gasteiger partial charge in [-0.05, 0) is 19.8 Å². The number of hydrogen-bond acceptors (Lipinski definition) is 4. The number of anilines is 1. The highest BCUT2D eigenvalue weighted by molar-refractivity contribution is 5.70. The molecule has 6 nitrogen and oxygen atoms in total. The molecule has 1 saturated heterocycles. The van der Waals surface area contributed by atoms with Crippen molar-refractivity contribution in [3.8, 4) is 0 Å². The summed E-state index contributed by atoms with van der Waals surface area (Å²) in [6.45, 7) is 3.47. The van der Waals surface area contributed by atoms with E-state index in [-0.39, 0.29) is 17.5 Å². The zero-order valence-electron chi connectivity index (χ0n) is 11.1. The number of aliphatic carboxylic acids is 1. The van der Waals surface area contributed by atoms with Crippen LogP contribution in [0, 0.1) is 6.92 Å². The number of aryl methyl sites for hydroxylation is 1. The number of H-pyrrole nitrogens is 1. The van der Waals surface area contributed by atoms with Crippen LogP contribution in [0.15, 0.2) is 4.79 Å². The molecule has 0 radical (unpaired) electrons. The number of aromatic nitrogens is 2. The van der Waals surface area contributed by atoms with Gasteiger partial charge in [0.15, 0.2) is 0 Å². The van der Waals surface area contributed by atoms with E-state index in [0.29, 0.717) is 11.6 Å². The van der Waals surface area contributed by atoms with Gasteiger partial charge in [-0.15, -0.1) is 0 Å². The van der Waals surface area contributed by atoms with Crippen molar-refractivity contribution in [1.29, 1.82) is 0 Å². The van der Waals surface area contributed by atoms with Gasteiger partial charge in [-0.25, -0.2) is 4.98 Å². The zero-order chi connectivity index (χ0) is 13.8. The van der Waals surface area contributed by atoms with Crippen molar-refractivity contribution in [2.75, 3.05) is 18.0 Å². The number of rotatable bonds is 3. The highest BCUT2D eigenvalue weighted by Crippen LogP contribution is 2.15. The SMILES string of the molecule is Cc1nc(N2CCCCCC2)[nH]c(=O)c1CC(=O)O. The molecule has 0 aromatic carbocycles. The Hall–Kier alpha value is -1.85. The second kappa shape index (κ2) is 5.86. The number of nitrogens with zero attached hydrogens (tertiary/aromatic N) is 2. The predicted octanol–water partition coefficient (Wildman–Crippen LogP) is 1.09. The molecule has 0 aliphatic carbocycles. The number of carbonyl (C=O) groups is 1. The average Bonchev–Trinajstić information content (AvgIpc) is 2.62. The van der Waals surface area contributed by atoms with Crippen LogP contribution in [-0.2, 0) is 11.2 Å². The van der Waals surface area contributed by atoms with E-state index in [1.54, 1.807) is 6.92 Å². The molecule has 1 aromatic heterocycles. The number of nitrogens with one attached hydrogen (secondary N) is 1. The van der Waals surface area contributed by atoms with E-state index in [1.165, 1.54) is 12.8 Å². The number of aromatic amines is 1. The molecule has 0 saturated carbocycles. The highest BCUT2D eigenvalue weighted by atomic mass is 16.4. The van der Waals surface area contributed by atoms with Crippen LogP contribution in [0.5, 0.6) is 0 Å². The maximum atomic E-state index is 11.9. The molecule has 1 aliphatic heterocycles. The van der Waals surface area contributed by atoms with Crippen molar-refractivity contribution < 1.29 is 9.90 Å². The Morgan fingerprint density at radius 1 is 1.32 bits per heavy atom. The Balaban J connectivity index is 2.28. The van der Waals surface area contributed by atoms with Crippen molar-refractivity contribution in [2.24, 2.45) is 0 Å². The van der Waals surface area contributed by atoms with E-state index in [1.807, 2.05) is 0 Å². The summed E-state index contributed by atoms with van der Waals surface area (Å²) in [5, 5.41) is 8.78. The lowest BCUT2D eigenvalue weighted by Crippen LogP contribution is -2.30. The molecule has 0 spiro atoms. The summed E-state index contributed by atoms with van der Waals surface area (Å²) >= 11 is 0. The fourth-order valence-corrected chi connectivity index (χ4v) is 2.39. The first-order valence-corrected chi connectivity index (χ1v) is 6.64. The van der Waals surface area contributed by atoms with Crippen LogP contribution in [0.2, 0.25) is 0 Å². The third kappa shape index (κ3) is 3.33. The summed E-state index contributed by atoms with van der Waals surface area (Å²) < 4.78 is 0. The summed E-state index contributed by atoms with van der Waals surface area (Å²) in [4.78, 5) is 31.8. The minimum absolute atomic E-state index is 0.242. The first kappa shape index (κ1) is 13.6. The van der Waals surface area contributed by atoms with Gasteiger partial charge in [0, 0.05) is 18.7 Å². The summed E-state index contributed by atoms with van der Waals surface area (Å²) in [5.41, 5.74) is 0.408. The van der Waals surface area contributed by atoms with Gasteiger partial charge in [0.1, 0.15) is 0 Å². The minimum atomic E-state index is -1.02. The van der Waals surface area contributed by atoms with Gasteiger partial charge >= 0.3 is 5.97 Å². The van der Waals surface area contributed by atoms with Crippen molar-refractivity contribution in [2.45, 2.75) is 39.0 Å². The molecule has 19 heavy (non-hydrogen) atoms. The maximum Gasteiger partial charge on any atom is 0.308 e. The molecule has 0 amide bonds. The Morgan fingerprint density at radius 2 is 1.95 bits per heavy atom. The molecular formula is C13H19N3O3.